The Hall–Kier alpha value is -2.30. The SMILES string of the molecule is Cc1c(C(=O)O)cnn1-c1ccc(N2CCCCC2)cc1. The predicted octanol–water partition coefficient (Wildman–Crippen LogP) is 2.87. The Morgan fingerprint density at radius 3 is 2.29 bits per heavy atom. The van der Waals surface area contributed by atoms with Gasteiger partial charge in [-0.05, 0) is 50.5 Å². The van der Waals surface area contributed by atoms with Crippen molar-refractivity contribution in [3.05, 3.63) is 41.7 Å². The zero-order valence-electron chi connectivity index (χ0n) is 12.1. The maximum Gasteiger partial charge on any atom is 0.339 e. The van der Waals surface area contributed by atoms with Crippen LogP contribution < -0.4 is 4.90 Å². The molecule has 0 spiro atoms. The van der Waals surface area contributed by atoms with Gasteiger partial charge in [-0.1, -0.05) is 0 Å². The molecule has 5 nitrogen and oxygen atoms in total. The fourth-order valence-electron chi connectivity index (χ4n) is 2.84. The van der Waals surface area contributed by atoms with Crippen molar-refractivity contribution in [3.8, 4) is 5.69 Å². The van der Waals surface area contributed by atoms with Gasteiger partial charge in [0.25, 0.3) is 0 Å². The van der Waals surface area contributed by atoms with Crippen LogP contribution in [0.5, 0.6) is 0 Å². The number of anilines is 1. The van der Waals surface area contributed by atoms with E-state index in [4.69, 9.17) is 5.11 Å². The number of carboxylic acid groups (broad SMARTS) is 1. The van der Waals surface area contributed by atoms with E-state index in [2.05, 4.69) is 22.1 Å². The molecule has 5 heteroatoms. The molecule has 2 aromatic rings. The largest absolute Gasteiger partial charge is 0.478 e. The highest BCUT2D eigenvalue weighted by Gasteiger charge is 2.14. The molecular formula is C16H19N3O2. The van der Waals surface area contributed by atoms with Crippen molar-refractivity contribution < 1.29 is 9.90 Å². The van der Waals surface area contributed by atoms with Crippen molar-refractivity contribution in [3.63, 3.8) is 0 Å². The Labute approximate surface area is 123 Å². The van der Waals surface area contributed by atoms with Gasteiger partial charge < -0.3 is 10.0 Å². The van der Waals surface area contributed by atoms with Gasteiger partial charge in [0.05, 0.1) is 17.6 Å². The minimum absolute atomic E-state index is 0.245. The highest BCUT2D eigenvalue weighted by Crippen LogP contribution is 2.22. The van der Waals surface area contributed by atoms with Crippen LogP contribution in [-0.2, 0) is 0 Å². The van der Waals surface area contributed by atoms with Gasteiger partial charge in [0.15, 0.2) is 0 Å². The van der Waals surface area contributed by atoms with E-state index in [-0.39, 0.29) is 5.56 Å². The van der Waals surface area contributed by atoms with E-state index in [1.54, 1.807) is 11.6 Å². The number of aromatic carboxylic acids is 1. The summed E-state index contributed by atoms with van der Waals surface area (Å²) in [5.74, 6) is -0.941. The second-order valence-corrected chi connectivity index (χ2v) is 5.42. The van der Waals surface area contributed by atoms with Gasteiger partial charge in [-0.3, -0.25) is 0 Å². The summed E-state index contributed by atoms with van der Waals surface area (Å²) in [6, 6.07) is 8.16. The lowest BCUT2D eigenvalue weighted by atomic mass is 10.1. The third kappa shape index (κ3) is 2.63. The normalized spacial score (nSPS) is 15.2. The quantitative estimate of drug-likeness (QED) is 0.942. The van der Waals surface area contributed by atoms with Crippen LogP contribution in [-0.4, -0.2) is 33.9 Å². The Morgan fingerprint density at radius 1 is 1.10 bits per heavy atom. The fraction of sp³-hybridized carbons (Fsp3) is 0.375. The zero-order valence-corrected chi connectivity index (χ0v) is 12.1. The first-order chi connectivity index (χ1) is 10.2. The van der Waals surface area contributed by atoms with Crippen LogP contribution in [0, 0.1) is 6.92 Å². The summed E-state index contributed by atoms with van der Waals surface area (Å²) < 4.78 is 1.67. The highest BCUT2D eigenvalue weighted by molar-refractivity contribution is 5.88. The summed E-state index contributed by atoms with van der Waals surface area (Å²) in [7, 11) is 0. The van der Waals surface area contributed by atoms with Gasteiger partial charge in [0.1, 0.15) is 5.56 Å². The molecule has 0 radical (unpaired) electrons. The molecule has 1 fully saturated rings. The molecule has 0 amide bonds. The van der Waals surface area contributed by atoms with E-state index in [0.29, 0.717) is 5.69 Å². The van der Waals surface area contributed by atoms with E-state index in [9.17, 15) is 4.79 Å². The van der Waals surface area contributed by atoms with E-state index in [0.717, 1.165) is 18.8 Å². The molecule has 0 aliphatic carbocycles. The van der Waals surface area contributed by atoms with E-state index in [1.807, 2.05) is 12.1 Å². The minimum Gasteiger partial charge on any atom is -0.478 e. The molecule has 0 bridgehead atoms. The second kappa shape index (κ2) is 5.60. The molecule has 1 N–H and O–H groups in total. The van der Waals surface area contributed by atoms with Gasteiger partial charge in [0.2, 0.25) is 0 Å². The Balaban J connectivity index is 1.85. The van der Waals surface area contributed by atoms with Crippen molar-refractivity contribution in [2.75, 3.05) is 18.0 Å². The van der Waals surface area contributed by atoms with Crippen LogP contribution in [0.25, 0.3) is 5.69 Å². The number of rotatable bonds is 3. The number of hydrogen-bond acceptors (Lipinski definition) is 3. The lowest BCUT2D eigenvalue weighted by molar-refractivity contribution is 0.0696. The molecule has 1 aliphatic heterocycles. The summed E-state index contributed by atoms with van der Waals surface area (Å²) >= 11 is 0. The molecule has 3 rings (SSSR count). The third-order valence-corrected chi connectivity index (χ3v) is 4.06. The number of aromatic nitrogens is 2. The standard InChI is InChI=1S/C16H19N3O2/c1-12-15(16(20)21)11-17-19(12)14-7-5-13(6-8-14)18-9-3-2-4-10-18/h5-8,11H,2-4,9-10H2,1H3,(H,20,21). The van der Waals surface area contributed by atoms with Crippen LogP contribution >= 0.6 is 0 Å². The Bertz CT molecular complexity index is 640. The second-order valence-electron chi connectivity index (χ2n) is 5.42. The molecule has 110 valence electrons. The van der Waals surface area contributed by atoms with Crippen molar-refractivity contribution in [1.82, 2.24) is 9.78 Å². The Kier molecular flexibility index (Phi) is 3.64. The number of benzene rings is 1. The number of nitrogens with zero attached hydrogens (tertiary/aromatic N) is 3. The molecule has 1 aromatic carbocycles. The summed E-state index contributed by atoms with van der Waals surface area (Å²) in [6.45, 7) is 4.00. The van der Waals surface area contributed by atoms with Crippen LogP contribution in [0.15, 0.2) is 30.5 Å². The topological polar surface area (TPSA) is 58.4 Å². The predicted molar refractivity (Wildman–Crippen MR) is 81.3 cm³/mol. The summed E-state index contributed by atoms with van der Waals surface area (Å²) in [6.07, 6.45) is 5.22. The number of piperidine rings is 1. The minimum atomic E-state index is -0.941. The van der Waals surface area contributed by atoms with Gasteiger partial charge in [-0.15, -0.1) is 0 Å². The molecule has 0 unspecified atom stereocenters. The third-order valence-electron chi connectivity index (χ3n) is 4.06. The van der Waals surface area contributed by atoms with Gasteiger partial charge in [-0.2, -0.15) is 5.10 Å². The van der Waals surface area contributed by atoms with Crippen molar-refractivity contribution in [1.29, 1.82) is 0 Å². The molecular weight excluding hydrogens is 266 g/mol. The fourth-order valence-corrected chi connectivity index (χ4v) is 2.84. The smallest absolute Gasteiger partial charge is 0.339 e. The molecule has 1 aliphatic rings. The molecule has 0 atom stereocenters. The van der Waals surface area contributed by atoms with Crippen molar-refractivity contribution in [2.45, 2.75) is 26.2 Å². The van der Waals surface area contributed by atoms with Crippen molar-refractivity contribution in [2.24, 2.45) is 0 Å². The number of hydrogen-bond donors (Lipinski definition) is 1. The van der Waals surface area contributed by atoms with Crippen LogP contribution in [0.2, 0.25) is 0 Å². The van der Waals surface area contributed by atoms with E-state index in [1.165, 1.54) is 31.1 Å². The van der Waals surface area contributed by atoms with Crippen molar-refractivity contribution >= 4 is 11.7 Å². The molecule has 1 saturated heterocycles. The molecule has 2 heterocycles. The maximum absolute atomic E-state index is 11.1. The molecule has 0 saturated carbocycles. The van der Waals surface area contributed by atoms with Gasteiger partial charge >= 0.3 is 5.97 Å². The average molecular weight is 285 g/mol. The summed E-state index contributed by atoms with van der Waals surface area (Å²) in [5.41, 5.74) is 3.01. The van der Waals surface area contributed by atoms with Crippen LogP contribution in [0.1, 0.15) is 35.3 Å². The van der Waals surface area contributed by atoms with Gasteiger partial charge in [-0.25, -0.2) is 9.48 Å². The highest BCUT2D eigenvalue weighted by atomic mass is 16.4. The monoisotopic (exact) mass is 285 g/mol. The van der Waals surface area contributed by atoms with Crippen LogP contribution in [0.4, 0.5) is 5.69 Å². The molecule has 1 aromatic heterocycles. The first kappa shape index (κ1) is 13.7. The molecule has 21 heavy (non-hydrogen) atoms. The summed E-state index contributed by atoms with van der Waals surface area (Å²) in [4.78, 5) is 13.5. The van der Waals surface area contributed by atoms with E-state index < -0.39 is 5.97 Å². The lowest BCUT2D eigenvalue weighted by Gasteiger charge is -2.28. The van der Waals surface area contributed by atoms with Crippen LogP contribution in [0.3, 0.4) is 0 Å². The number of carboxylic acids is 1. The van der Waals surface area contributed by atoms with Gasteiger partial charge in [0, 0.05) is 18.8 Å². The Morgan fingerprint density at radius 2 is 1.71 bits per heavy atom. The average Bonchev–Trinajstić information content (AvgIpc) is 2.90. The lowest BCUT2D eigenvalue weighted by Crippen LogP contribution is -2.29. The zero-order chi connectivity index (χ0) is 14.8. The number of carbonyl (C=O) groups is 1. The first-order valence-corrected chi connectivity index (χ1v) is 7.30. The van der Waals surface area contributed by atoms with E-state index >= 15 is 0 Å². The maximum atomic E-state index is 11.1. The first-order valence-electron chi connectivity index (χ1n) is 7.30. The summed E-state index contributed by atoms with van der Waals surface area (Å²) in [5, 5.41) is 13.3.